The Hall–Kier alpha value is -2.17. The number of benzene rings is 1. The van der Waals surface area contributed by atoms with Crippen molar-refractivity contribution >= 4 is 10.1 Å². The third kappa shape index (κ3) is 4.41. The summed E-state index contributed by atoms with van der Waals surface area (Å²) >= 11 is 0. The maximum atomic E-state index is 11.0. The van der Waals surface area contributed by atoms with E-state index in [-0.39, 0.29) is 12.5 Å². The number of H-pyrrole nitrogens is 1. The SMILES string of the molecule is CS(=O)(=O)OCCC(c1ccc(C#N)cc1)c1ncc[nH]1. The van der Waals surface area contributed by atoms with Crippen LogP contribution in [0.15, 0.2) is 36.7 Å². The van der Waals surface area contributed by atoms with Crippen LogP contribution in [0.25, 0.3) is 0 Å². The van der Waals surface area contributed by atoms with E-state index >= 15 is 0 Å². The van der Waals surface area contributed by atoms with E-state index in [4.69, 9.17) is 9.44 Å². The lowest BCUT2D eigenvalue weighted by atomic mass is 9.94. The monoisotopic (exact) mass is 305 g/mol. The lowest BCUT2D eigenvalue weighted by Gasteiger charge is -2.15. The van der Waals surface area contributed by atoms with Crippen LogP contribution < -0.4 is 0 Å². The Kier molecular flexibility index (Phi) is 4.73. The minimum absolute atomic E-state index is 0.0736. The van der Waals surface area contributed by atoms with Gasteiger partial charge in [0, 0.05) is 18.3 Å². The van der Waals surface area contributed by atoms with Crippen LogP contribution in [0.5, 0.6) is 0 Å². The molecule has 0 saturated carbocycles. The van der Waals surface area contributed by atoms with Crippen LogP contribution in [0.4, 0.5) is 0 Å². The zero-order valence-electron chi connectivity index (χ0n) is 11.5. The second-order valence-corrected chi connectivity index (χ2v) is 6.22. The highest BCUT2D eigenvalue weighted by Gasteiger charge is 2.17. The molecule has 1 unspecified atom stereocenters. The van der Waals surface area contributed by atoms with Crippen molar-refractivity contribution in [3.63, 3.8) is 0 Å². The number of aromatic nitrogens is 2. The summed E-state index contributed by atoms with van der Waals surface area (Å²) in [5, 5.41) is 8.83. The van der Waals surface area contributed by atoms with Crippen molar-refractivity contribution in [2.75, 3.05) is 12.9 Å². The van der Waals surface area contributed by atoms with E-state index < -0.39 is 10.1 Å². The summed E-state index contributed by atoms with van der Waals surface area (Å²) in [6, 6.07) is 9.19. The first-order valence-electron chi connectivity index (χ1n) is 6.33. The fourth-order valence-electron chi connectivity index (χ4n) is 2.04. The van der Waals surface area contributed by atoms with Gasteiger partial charge >= 0.3 is 0 Å². The molecule has 0 fully saturated rings. The van der Waals surface area contributed by atoms with Crippen molar-refractivity contribution in [3.05, 3.63) is 53.6 Å². The van der Waals surface area contributed by atoms with Gasteiger partial charge in [0.15, 0.2) is 0 Å². The molecule has 0 amide bonds. The van der Waals surface area contributed by atoms with Crippen LogP contribution in [-0.4, -0.2) is 31.2 Å². The van der Waals surface area contributed by atoms with Gasteiger partial charge < -0.3 is 4.98 Å². The van der Waals surface area contributed by atoms with Crippen LogP contribution >= 0.6 is 0 Å². The van der Waals surface area contributed by atoms with E-state index in [2.05, 4.69) is 16.0 Å². The van der Waals surface area contributed by atoms with E-state index in [1.165, 1.54) is 0 Å². The third-order valence-electron chi connectivity index (χ3n) is 3.00. The molecule has 0 aliphatic rings. The maximum Gasteiger partial charge on any atom is 0.264 e. The van der Waals surface area contributed by atoms with Crippen molar-refractivity contribution in [1.29, 1.82) is 5.26 Å². The van der Waals surface area contributed by atoms with Gasteiger partial charge in [-0.05, 0) is 24.1 Å². The first kappa shape index (κ1) is 15.2. The van der Waals surface area contributed by atoms with Gasteiger partial charge in [0.05, 0.1) is 24.5 Å². The van der Waals surface area contributed by atoms with Crippen LogP contribution in [0.1, 0.15) is 29.3 Å². The molecule has 21 heavy (non-hydrogen) atoms. The van der Waals surface area contributed by atoms with E-state index in [9.17, 15) is 8.42 Å². The molecule has 7 heteroatoms. The zero-order chi connectivity index (χ0) is 15.3. The summed E-state index contributed by atoms with van der Waals surface area (Å²) in [4.78, 5) is 7.26. The van der Waals surface area contributed by atoms with Gasteiger partial charge in [-0.15, -0.1) is 0 Å². The highest BCUT2D eigenvalue weighted by molar-refractivity contribution is 7.85. The molecule has 0 bridgehead atoms. The van der Waals surface area contributed by atoms with E-state index in [0.717, 1.165) is 17.6 Å². The second kappa shape index (κ2) is 6.52. The Bertz CT molecular complexity index is 716. The quantitative estimate of drug-likeness (QED) is 0.821. The number of hydrogen-bond acceptors (Lipinski definition) is 5. The van der Waals surface area contributed by atoms with E-state index in [1.54, 1.807) is 24.5 Å². The van der Waals surface area contributed by atoms with Gasteiger partial charge in [0.25, 0.3) is 10.1 Å². The van der Waals surface area contributed by atoms with Crippen molar-refractivity contribution in [3.8, 4) is 6.07 Å². The largest absolute Gasteiger partial charge is 0.348 e. The molecule has 1 N–H and O–H groups in total. The van der Waals surface area contributed by atoms with Crippen LogP contribution in [-0.2, 0) is 14.3 Å². The summed E-state index contributed by atoms with van der Waals surface area (Å²) in [6.45, 7) is 0.0736. The molecule has 2 aromatic rings. The van der Waals surface area contributed by atoms with Crippen molar-refractivity contribution in [2.45, 2.75) is 12.3 Å². The molecule has 1 aromatic heterocycles. The lowest BCUT2D eigenvalue weighted by Crippen LogP contribution is -2.10. The number of hydrogen-bond donors (Lipinski definition) is 1. The molecule has 0 spiro atoms. The van der Waals surface area contributed by atoms with Crippen molar-refractivity contribution in [2.24, 2.45) is 0 Å². The maximum absolute atomic E-state index is 11.0. The molecule has 6 nitrogen and oxygen atoms in total. The highest BCUT2D eigenvalue weighted by atomic mass is 32.2. The fraction of sp³-hybridized carbons (Fsp3) is 0.286. The number of nitrogens with one attached hydrogen (secondary N) is 1. The second-order valence-electron chi connectivity index (χ2n) is 4.58. The zero-order valence-corrected chi connectivity index (χ0v) is 12.3. The van der Waals surface area contributed by atoms with Gasteiger partial charge in [0.1, 0.15) is 5.82 Å². The first-order chi connectivity index (χ1) is 9.99. The lowest BCUT2D eigenvalue weighted by molar-refractivity contribution is 0.307. The van der Waals surface area contributed by atoms with E-state index in [0.29, 0.717) is 12.0 Å². The summed E-state index contributed by atoms with van der Waals surface area (Å²) in [5.41, 5.74) is 1.52. The first-order valence-corrected chi connectivity index (χ1v) is 8.15. The summed E-state index contributed by atoms with van der Waals surface area (Å²) < 4.78 is 26.9. The Morgan fingerprint density at radius 1 is 1.38 bits per heavy atom. The number of nitriles is 1. The minimum atomic E-state index is -3.46. The smallest absolute Gasteiger partial charge is 0.264 e. The van der Waals surface area contributed by atoms with Gasteiger partial charge in [0.2, 0.25) is 0 Å². The Balaban J connectivity index is 2.18. The molecule has 1 aromatic carbocycles. The van der Waals surface area contributed by atoms with Gasteiger partial charge in [-0.2, -0.15) is 13.7 Å². The summed E-state index contributed by atoms with van der Waals surface area (Å²) in [5.74, 6) is 0.617. The summed E-state index contributed by atoms with van der Waals surface area (Å²) in [7, 11) is -3.46. The van der Waals surface area contributed by atoms with Crippen LogP contribution in [0.3, 0.4) is 0 Å². The molecule has 0 saturated heterocycles. The fourth-order valence-corrected chi connectivity index (χ4v) is 2.44. The van der Waals surface area contributed by atoms with Crippen molar-refractivity contribution < 1.29 is 12.6 Å². The average molecular weight is 305 g/mol. The normalized spacial score (nSPS) is 12.8. The third-order valence-corrected chi connectivity index (χ3v) is 3.59. The van der Waals surface area contributed by atoms with Crippen molar-refractivity contribution in [1.82, 2.24) is 9.97 Å². The number of aromatic amines is 1. The van der Waals surface area contributed by atoms with Crippen LogP contribution in [0.2, 0.25) is 0 Å². The number of imidazole rings is 1. The van der Waals surface area contributed by atoms with Gasteiger partial charge in [-0.25, -0.2) is 4.98 Å². The number of nitrogens with zero attached hydrogens (tertiary/aromatic N) is 2. The molecule has 0 aliphatic heterocycles. The topological polar surface area (TPSA) is 95.8 Å². The Morgan fingerprint density at radius 2 is 2.10 bits per heavy atom. The minimum Gasteiger partial charge on any atom is -0.348 e. The average Bonchev–Trinajstić information content (AvgIpc) is 2.96. The van der Waals surface area contributed by atoms with E-state index in [1.807, 2.05) is 12.1 Å². The molecule has 2 rings (SSSR count). The Morgan fingerprint density at radius 3 is 2.62 bits per heavy atom. The molecule has 0 radical (unpaired) electrons. The molecular weight excluding hydrogens is 290 g/mol. The van der Waals surface area contributed by atoms with Gasteiger partial charge in [-0.1, -0.05) is 12.1 Å². The highest BCUT2D eigenvalue weighted by Crippen LogP contribution is 2.25. The summed E-state index contributed by atoms with van der Waals surface area (Å²) in [6.07, 6.45) is 4.84. The molecule has 110 valence electrons. The molecule has 1 heterocycles. The van der Waals surface area contributed by atoms with Crippen LogP contribution in [0, 0.1) is 11.3 Å². The molecular formula is C14H15N3O3S. The Labute approximate surface area is 123 Å². The molecule has 0 aliphatic carbocycles. The predicted molar refractivity (Wildman–Crippen MR) is 77.0 cm³/mol. The standard InChI is InChI=1S/C14H15N3O3S/c1-21(18,19)20-9-6-13(14-16-7-8-17-14)12-4-2-11(10-15)3-5-12/h2-5,7-8,13H,6,9H2,1H3,(H,16,17). The van der Waals surface area contributed by atoms with Gasteiger partial charge in [-0.3, -0.25) is 4.18 Å². The predicted octanol–water partition coefficient (Wildman–Crippen LogP) is 1.78. The molecule has 1 atom stereocenters. The number of rotatable bonds is 6.